The molecule has 0 fully saturated rings. The molecule has 2 rings (SSSR count). The molecule has 0 aliphatic carbocycles. The highest BCUT2D eigenvalue weighted by Crippen LogP contribution is 2.13. The highest BCUT2D eigenvalue weighted by Gasteiger charge is 2.03. The zero-order valence-electron chi connectivity index (χ0n) is 9.90. The molecule has 0 amide bonds. The summed E-state index contributed by atoms with van der Waals surface area (Å²) in [7, 11) is 0. The van der Waals surface area contributed by atoms with Crippen molar-refractivity contribution in [2.24, 2.45) is 11.5 Å². The Bertz CT molecular complexity index is 422. The molecule has 88 valence electrons. The molecule has 0 saturated heterocycles. The minimum absolute atomic E-state index is 0.0411. The number of fused-ring (bicyclic) bond motifs is 1. The van der Waals surface area contributed by atoms with Gasteiger partial charge in [0.25, 0.3) is 0 Å². The van der Waals surface area contributed by atoms with Crippen molar-refractivity contribution >= 4 is 10.9 Å². The molecule has 1 unspecified atom stereocenters. The lowest BCUT2D eigenvalue weighted by molar-refractivity contribution is 0.679. The number of nitrogens with zero attached hydrogens (tertiary/aromatic N) is 1. The molecule has 4 nitrogen and oxygen atoms in total. The number of hydrogen-bond acceptors (Lipinski definition) is 3. The van der Waals surface area contributed by atoms with Crippen LogP contribution in [0.15, 0.2) is 24.4 Å². The molecule has 5 N–H and O–H groups in total. The van der Waals surface area contributed by atoms with Crippen LogP contribution in [0.5, 0.6) is 0 Å². The minimum Gasteiger partial charge on any atom is -0.329 e. The van der Waals surface area contributed by atoms with Gasteiger partial charge in [-0.2, -0.15) is 5.10 Å². The van der Waals surface area contributed by atoms with E-state index in [1.165, 1.54) is 5.56 Å². The molecule has 2 aromatic rings. The number of benzene rings is 1. The summed E-state index contributed by atoms with van der Waals surface area (Å²) in [5.41, 5.74) is 13.5. The van der Waals surface area contributed by atoms with E-state index in [4.69, 9.17) is 11.5 Å². The van der Waals surface area contributed by atoms with E-state index >= 15 is 0 Å². The summed E-state index contributed by atoms with van der Waals surface area (Å²) in [5, 5.41) is 7.99. The van der Waals surface area contributed by atoms with Crippen molar-refractivity contribution in [3.05, 3.63) is 30.0 Å². The van der Waals surface area contributed by atoms with Crippen LogP contribution in [0.1, 0.15) is 19.4 Å². The van der Waals surface area contributed by atoms with Crippen LogP contribution in [0.2, 0.25) is 0 Å². The number of nitrogens with one attached hydrogen (secondary N) is 1. The second-order valence-corrected chi connectivity index (χ2v) is 3.49. The maximum absolute atomic E-state index is 5.78. The molecule has 1 atom stereocenters. The van der Waals surface area contributed by atoms with Crippen LogP contribution in [0.4, 0.5) is 0 Å². The zero-order valence-corrected chi connectivity index (χ0v) is 9.90. The highest BCUT2D eigenvalue weighted by atomic mass is 15.1. The van der Waals surface area contributed by atoms with Gasteiger partial charge in [0.2, 0.25) is 0 Å². The van der Waals surface area contributed by atoms with Crippen LogP contribution in [-0.2, 0) is 6.42 Å². The quantitative estimate of drug-likeness (QED) is 0.731. The number of aromatic amines is 1. The van der Waals surface area contributed by atoms with E-state index in [2.05, 4.69) is 22.3 Å². The van der Waals surface area contributed by atoms with E-state index in [1.54, 1.807) is 0 Å². The Hall–Kier alpha value is -1.39. The molecular weight excluding hydrogens is 200 g/mol. The summed E-state index contributed by atoms with van der Waals surface area (Å²) >= 11 is 0. The monoisotopic (exact) mass is 220 g/mol. The third-order valence-electron chi connectivity index (χ3n) is 2.31. The summed E-state index contributed by atoms with van der Waals surface area (Å²) < 4.78 is 0. The zero-order chi connectivity index (χ0) is 12.0. The normalized spacial score (nSPS) is 12.0. The van der Waals surface area contributed by atoms with E-state index in [9.17, 15) is 0 Å². The molecule has 0 saturated carbocycles. The maximum atomic E-state index is 5.78. The Morgan fingerprint density at radius 1 is 1.38 bits per heavy atom. The summed E-state index contributed by atoms with van der Waals surface area (Å²) in [5.74, 6) is 0. The van der Waals surface area contributed by atoms with E-state index in [0.29, 0.717) is 6.54 Å². The molecule has 1 aromatic heterocycles. The molecule has 0 aliphatic heterocycles. The number of H-pyrrole nitrogens is 1. The van der Waals surface area contributed by atoms with Crippen molar-refractivity contribution < 1.29 is 0 Å². The lowest BCUT2D eigenvalue weighted by Crippen LogP contribution is -2.31. The molecule has 1 aromatic carbocycles. The van der Waals surface area contributed by atoms with Crippen LogP contribution in [-0.4, -0.2) is 22.8 Å². The SMILES string of the molecule is CC.NCC(N)Cc1ccc2[nH]ncc2c1. The maximum Gasteiger partial charge on any atom is 0.0650 e. The molecule has 0 bridgehead atoms. The second-order valence-electron chi connectivity index (χ2n) is 3.49. The molecule has 0 aliphatic rings. The third-order valence-corrected chi connectivity index (χ3v) is 2.31. The number of nitrogens with two attached hydrogens (primary N) is 2. The average molecular weight is 220 g/mol. The van der Waals surface area contributed by atoms with Gasteiger partial charge in [-0.25, -0.2) is 0 Å². The largest absolute Gasteiger partial charge is 0.329 e. The van der Waals surface area contributed by atoms with Crippen molar-refractivity contribution in [2.75, 3.05) is 6.54 Å². The third kappa shape index (κ3) is 3.05. The number of hydrogen-bond donors (Lipinski definition) is 3. The van der Waals surface area contributed by atoms with Gasteiger partial charge in [0.05, 0.1) is 11.7 Å². The average Bonchev–Trinajstić information content (AvgIpc) is 2.79. The van der Waals surface area contributed by atoms with E-state index in [-0.39, 0.29) is 6.04 Å². The van der Waals surface area contributed by atoms with E-state index < -0.39 is 0 Å². The van der Waals surface area contributed by atoms with Crippen molar-refractivity contribution in [1.82, 2.24) is 10.2 Å². The molecule has 1 heterocycles. The molecule has 0 radical (unpaired) electrons. The van der Waals surface area contributed by atoms with Crippen LogP contribution in [0.25, 0.3) is 10.9 Å². The second kappa shape index (κ2) is 6.25. The number of aromatic nitrogens is 2. The fraction of sp³-hybridized carbons (Fsp3) is 0.417. The predicted octanol–water partition coefficient (Wildman–Crippen LogP) is 1.42. The Balaban J connectivity index is 0.000000606. The van der Waals surface area contributed by atoms with Gasteiger partial charge in [-0.1, -0.05) is 19.9 Å². The first-order valence-corrected chi connectivity index (χ1v) is 5.67. The Kier molecular flexibility index (Phi) is 4.95. The van der Waals surface area contributed by atoms with Crippen LogP contribution in [0.3, 0.4) is 0 Å². The minimum atomic E-state index is 0.0411. The number of rotatable bonds is 3. The van der Waals surface area contributed by atoms with Gasteiger partial charge < -0.3 is 11.5 Å². The fourth-order valence-corrected chi connectivity index (χ4v) is 1.51. The summed E-state index contributed by atoms with van der Waals surface area (Å²) in [6.07, 6.45) is 2.63. The van der Waals surface area contributed by atoms with Gasteiger partial charge in [0.1, 0.15) is 0 Å². The van der Waals surface area contributed by atoms with Crippen LogP contribution in [0, 0.1) is 0 Å². The van der Waals surface area contributed by atoms with Crippen molar-refractivity contribution in [3.63, 3.8) is 0 Å². The highest BCUT2D eigenvalue weighted by molar-refractivity contribution is 5.78. The van der Waals surface area contributed by atoms with Gasteiger partial charge in [-0.05, 0) is 24.1 Å². The first-order valence-electron chi connectivity index (χ1n) is 5.67. The summed E-state index contributed by atoms with van der Waals surface area (Å²) in [4.78, 5) is 0. The lowest BCUT2D eigenvalue weighted by Gasteiger charge is -2.07. The smallest absolute Gasteiger partial charge is 0.0650 e. The molecular formula is C12H20N4. The Morgan fingerprint density at radius 3 is 2.81 bits per heavy atom. The van der Waals surface area contributed by atoms with Gasteiger partial charge in [0, 0.05) is 18.0 Å². The first kappa shape index (κ1) is 12.7. The van der Waals surface area contributed by atoms with E-state index in [0.717, 1.165) is 17.3 Å². The molecule has 16 heavy (non-hydrogen) atoms. The van der Waals surface area contributed by atoms with E-state index in [1.807, 2.05) is 26.1 Å². The standard InChI is InChI=1S/C10H14N4.C2H6/c11-5-9(12)4-7-1-2-10-8(3-7)6-13-14-10;1-2/h1-3,6,9H,4-5,11-12H2,(H,13,14);1-2H3. The van der Waals surface area contributed by atoms with Crippen molar-refractivity contribution in [1.29, 1.82) is 0 Å². The van der Waals surface area contributed by atoms with Crippen LogP contribution >= 0.6 is 0 Å². The predicted molar refractivity (Wildman–Crippen MR) is 68.2 cm³/mol. The van der Waals surface area contributed by atoms with Crippen molar-refractivity contribution in [2.45, 2.75) is 26.3 Å². The molecule has 0 spiro atoms. The summed E-state index contributed by atoms with van der Waals surface area (Å²) in [6, 6.07) is 6.20. The molecule has 4 heteroatoms. The summed E-state index contributed by atoms with van der Waals surface area (Å²) in [6.45, 7) is 4.52. The topological polar surface area (TPSA) is 80.7 Å². The Morgan fingerprint density at radius 2 is 2.12 bits per heavy atom. The van der Waals surface area contributed by atoms with Gasteiger partial charge in [0.15, 0.2) is 0 Å². The Labute approximate surface area is 96.0 Å². The van der Waals surface area contributed by atoms with Gasteiger partial charge in [-0.3, -0.25) is 5.10 Å². The van der Waals surface area contributed by atoms with Crippen molar-refractivity contribution in [3.8, 4) is 0 Å². The van der Waals surface area contributed by atoms with Crippen LogP contribution < -0.4 is 11.5 Å². The van der Waals surface area contributed by atoms with Gasteiger partial charge >= 0.3 is 0 Å². The lowest BCUT2D eigenvalue weighted by atomic mass is 10.1. The van der Waals surface area contributed by atoms with Gasteiger partial charge in [-0.15, -0.1) is 0 Å². The fourth-order valence-electron chi connectivity index (χ4n) is 1.51. The first-order chi connectivity index (χ1) is 7.79.